The maximum absolute atomic E-state index is 5.53. The highest BCUT2D eigenvalue weighted by molar-refractivity contribution is 5.84. The van der Waals surface area contributed by atoms with E-state index in [1.807, 2.05) is 18.5 Å². The first-order valence-electron chi connectivity index (χ1n) is 11.6. The van der Waals surface area contributed by atoms with Gasteiger partial charge in [-0.15, -0.1) is 0 Å². The van der Waals surface area contributed by atoms with Gasteiger partial charge in [0, 0.05) is 25.0 Å². The van der Waals surface area contributed by atoms with Crippen LogP contribution in [-0.4, -0.2) is 54.5 Å². The third-order valence-electron chi connectivity index (χ3n) is 6.19. The number of imidazole rings is 1. The molecule has 1 saturated heterocycles. The molecule has 5 heterocycles. The van der Waals surface area contributed by atoms with Gasteiger partial charge in [0.2, 0.25) is 5.88 Å². The summed E-state index contributed by atoms with van der Waals surface area (Å²) in [4.78, 5) is 18.4. The summed E-state index contributed by atoms with van der Waals surface area (Å²) >= 11 is 0. The fraction of sp³-hybridized carbons (Fsp3) is 0.458. The molecule has 9 nitrogen and oxygen atoms in total. The molecule has 1 fully saturated rings. The minimum atomic E-state index is 0.274. The highest BCUT2D eigenvalue weighted by Crippen LogP contribution is 2.29. The van der Waals surface area contributed by atoms with E-state index >= 15 is 0 Å². The molecule has 0 saturated carbocycles. The second-order valence-corrected chi connectivity index (χ2v) is 8.89. The zero-order valence-electron chi connectivity index (χ0n) is 19.4. The summed E-state index contributed by atoms with van der Waals surface area (Å²) in [6, 6.07) is 6.23. The van der Waals surface area contributed by atoms with Crippen molar-refractivity contribution in [3.05, 3.63) is 48.4 Å². The van der Waals surface area contributed by atoms with Crippen LogP contribution in [0.3, 0.4) is 0 Å². The monoisotopic (exact) mass is 446 g/mol. The highest BCUT2D eigenvalue weighted by Gasteiger charge is 2.17. The molecule has 0 aliphatic carbocycles. The van der Waals surface area contributed by atoms with Crippen LogP contribution >= 0.6 is 0 Å². The van der Waals surface area contributed by atoms with Crippen LogP contribution in [0, 0.1) is 5.92 Å². The molecule has 9 heteroatoms. The normalized spacial score (nSPS) is 14.9. The predicted octanol–water partition coefficient (Wildman–Crippen LogP) is 3.26. The standard InChI is InChI=1S/C24H30N8O/c1-16(2)32-15-27-23-21(32)13-20(29-24(23)33-3)19-6-10-26-22(28-19)12-18-7-11-31(30-18)14-17-4-8-25-9-5-17/h6-7,10-11,13,15-17,25H,4-5,8-9,12,14H2,1-3H3. The zero-order valence-corrected chi connectivity index (χ0v) is 19.4. The number of nitrogens with zero attached hydrogens (tertiary/aromatic N) is 7. The van der Waals surface area contributed by atoms with Crippen molar-refractivity contribution in [2.24, 2.45) is 5.92 Å². The lowest BCUT2D eigenvalue weighted by molar-refractivity contribution is 0.320. The SMILES string of the molecule is COc1nc(-c2ccnc(Cc3ccn(CC4CCNCC4)n3)n2)cc2c1ncn2C(C)C. The number of nitrogens with one attached hydrogen (secondary N) is 1. The van der Waals surface area contributed by atoms with E-state index in [0.29, 0.717) is 18.2 Å². The Kier molecular flexibility index (Phi) is 6.04. The molecule has 1 aliphatic heterocycles. The van der Waals surface area contributed by atoms with Crippen molar-refractivity contribution in [3.63, 3.8) is 0 Å². The number of hydrogen-bond donors (Lipinski definition) is 1. The molecule has 172 valence electrons. The third-order valence-corrected chi connectivity index (χ3v) is 6.19. The molecule has 0 radical (unpaired) electrons. The number of rotatable bonds is 7. The summed E-state index contributed by atoms with van der Waals surface area (Å²) in [5.41, 5.74) is 4.19. The van der Waals surface area contributed by atoms with Crippen LogP contribution in [0.15, 0.2) is 36.9 Å². The Bertz CT molecular complexity index is 1240. The van der Waals surface area contributed by atoms with Gasteiger partial charge in [-0.25, -0.2) is 19.9 Å². The molecule has 0 aromatic carbocycles. The fourth-order valence-corrected chi connectivity index (χ4v) is 4.40. The van der Waals surface area contributed by atoms with Gasteiger partial charge in [-0.2, -0.15) is 5.10 Å². The van der Waals surface area contributed by atoms with E-state index in [1.54, 1.807) is 13.3 Å². The quantitative estimate of drug-likeness (QED) is 0.465. The second kappa shape index (κ2) is 9.27. The van der Waals surface area contributed by atoms with Crippen LogP contribution in [0.25, 0.3) is 22.4 Å². The van der Waals surface area contributed by atoms with E-state index in [1.165, 1.54) is 12.8 Å². The van der Waals surface area contributed by atoms with Gasteiger partial charge in [-0.1, -0.05) is 0 Å². The van der Waals surface area contributed by atoms with E-state index in [-0.39, 0.29) is 6.04 Å². The van der Waals surface area contributed by atoms with Gasteiger partial charge in [0.1, 0.15) is 5.82 Å². The van der Waals surface area contributed by atoms with E-state index in [2.05, 4.69) is 55.6 Å². The van der Waals surface area contributed by atoms with E-state index in [9.17, 15) is 0 Å². The number of aromatic nitrogens is 7. The molecular formula is C24H30N8O. The minimum absolute atomic E-state index is 0.274. The van der Waals surface area contributed by atoms with Crippen LogP contribution < -0.4 is 10.1 Å². The molecule has 0 atom stereocenters. The molecular weight excluding hydrogens is 416 g/mol. The summed E-state index contributed by atoms with van der Waals surface area (Å²) < 4.78 is 9.70. The van der Waals surface area contributed by atoms with Gasteiger partial charge < -0.3 is 14.6 Å². The lowest BCUT2D eigenvalue weighted by Gasteiger charge is -2.22. The molecule has 0 unspecified atom stereocenters. The van der Waals surface area contributed by atoms with Crippen LogP contribution in [0.5, 0.6) is 5.88 Å². The summed E-state index contributed by atoms with van der Waals surface area (Å²) in [7, 11) is 1.62. The summed E-state index contributed by atoms with van der Waals surface area (Å²) in [6.45, 7) is 7.42. The van der Waals surface area contributed by atoms with Gasteiger partial charge in [0.25, 0.3) is 0 Å². The maximum atomic E-state index is 5.53. The Morgan fingerprint density at radius 1 is 1.12 bits per heavy atom. The summed E-state index contributed by atoms with van der Waals surface area (Å²) in [5.74, 6) is 1.91. The van der Waals surface area contributed by atoms with Crippen molar-refractivity contribution in [3.8, 4) is 17.3 Å². The Balaban J connectivity index is 1.38. The molecule has 4 aromatic rings. The fourth-order valence-electron chi connectivity index (χ4n) is 4.40. The summed E-state index contributed by atoms with van der Waals surface area (Å²) in [5, 5.41) is 8.18. The number of methoxy groups -OCH3 is 1. The number of pyridine rings is 1. The van der Waals surface area contributed by atoms with Crippen molar-refractivity contribution >= 4 is 11.0 Å². The van der Waals surface area contributed by atoms with Crippen molar-refractivity contribution in [2.75, 3.05) is 20.2 Å². The lowest BCUT2D eigenvalue weighted by Crippen LogP contribution is -2.30. The number of ether oxygens (including phenoxy) is 1. The van der Waals surface area contributed by atoms with Crippen molar-refractivity contribution in [2.45, 2.75) is 45.7 Å². The molecule has 0 amide bonds. The van der Waals surface area contributed by atoms with Gasteiger partial charge in [-0.3, -0.25) is 4.68 Å². The van der Waals surface area contributed by atoms with Gasteiger partial charge in [-0.05, 0) is 63.9 Å². The lowest BCUT2D eigenvalue weighted by atomic mass is 9.98. The summed E-state index contributed by atoms with van der Waals surface area (Å²) in [6.07, 6.45) is 8.66. The average Bonchev–Trinajstić information content (AvgIpc) is 3.46. The van der Waals surface area contributed by atoms with Crippen molar-refractivity contribution in [1.29, 1.82) is 0 Å². The second-order valence-electron chi connectivity index (χ2n) is 8.89. The first kappa shape index (κ1) is 21.5. The Morgan fingerprint density at radius 2 is 1.97 bits per heavy atom. The minimum Gasteiger partial charge on any atom is -0.479 e. The van der Waals surface area contributed by atoms with Crippen LogP contribution in [0.2, 0.25) is 0 Å². The van der Waals surface area contributed by atoms with Gasteiger partial charge in [0.05, 0.1) is 42.5 Å². The molecule has 33 heavy (non-hydrogen) atoms. The zero-order chi connectivity index (χ0) is 22.8. The third kappa shape index (κ3) is 4.59. The highest BCUT2D eigenvalue weighted by atomic mass is 16.5. The van der Waals surface area contributed by atoms with Crippen molar-refractivity contribution < 1.29 is 4.74 Å². The van der Waals surface area contributed by atoms with Crippen LogP contribution in [-0.2, 0) is 13.0 Å². The van der Waals surface area contributed by atoms with E-state index < -0.39 is 0 Å². The van der Waals surface area contributed by atoms with Crippen molar-refractivity contribution in [1.82, 2.24) is 39.6 Å². The smallest absolute Gasteiger partial charge is 0.242 e. The van der Waals surface area contributed by atoms with Crippen LogP contribution in [0.4, 0.5) is 0 Å². The Labute approximate surface area is 193 Å². The Morgan fingerprint density at radius 3 is 2.76 bits per heavy atom. The maximum Gasteiger partial charge on any atom is 0.242 e. The van der Waals surface area contributed by atoms with E-state index in [4.69, 9.17) is 14.8 Å². The van der Waals surface area contributed by atoms with E-state index in [0.717, 1.165) is 53.6 Å². The van der Waals surface area contributed by atoms with Crippen LogP contribution in [0.1, 0.15) is 44.2 Å². The predicted molar refractivity (Wildman–Crippen MR) is 126 cm³/mol. The first-order valence-corrected chi connectivity index (χ1v) is 11.6. The topological polar surface area (TPSA) is 95.6 Å². The van der Waals surface area contributed by atoms with Gasteiger partial charge in [0.15, 0.2) is 5.52 Å². The Hall–Kier alpha value is -3.33. The molecule has 5 rings (SSSR count). The molecule has 4 aromatic heterocycles. The molecule has 0 bridgehead atoms. The average molecular weight is 447 g/mol. The number of hydrogen-bond acceptors (Lipinski definition) is 7. The molecule has 0 spiro atoms. The first-order chi connectivity index (χ1) is 16.1. The number of fused-ring (bicyclic) bond motifs is 1. The largest absolute Gasteiger partial charge is 0.479 e. The van der Waals surface area contributed by atoms with Gasteiger partial charge >= 0.3 is 0 Å². The number of piperidine rings is 1. The molecule has 1 N–H and O–H groups in total. The molecule has 1 aliphatic rings.